The minimum atomic E-state index is -0.190. The van der Waals surface area contributed by atoms with E-state index in [4.69, 9.17) is 9.72 Å². The van der Waals surface area contributed by atoms with E-state index in [1.54, 1.807) is 0 Å². The highest BCUT2D eigenvalue weighted by atomic mass is 16.5. The van der Waals surface area contributed by atoms with Crippen LogP contribution in [0.25, 0.3) is 10.9 Å². The first-order chi connectivity index (χ1) is 16.1. The summed E-state index contributed by atoms with van der Waals surface area (Å²) in [5, 5.41) is 3.94. The fourth-order valence-electron chi connectivity index (χ4n) is 4.31. The fraction of sp³-hybridized carbons (Fsp3) is 0.214. The van der Waals surface area contributed by atoms with E-state index in [9.17, 15) is 4.79 Å². The Bertz CT molecular complexity index is 1330. The number of ether oxygens (including phenoxy) is 1. The Kier molecular flexibility index (Phi) is 5.69. The van der Waals surface area contributed by atoms with E-state index in [2.05, 4.69) is 46.6 Å². The van der Waals surface area contributed by atoms with Crippen molar-refractivity contribution in [3.05, 3.63) is 95.1 Å². The van der Waals surface area contributed by atoms with Crippen LogP contribution in [0.3, 0.4) is 0 Å². The summed E-state index contributed by atoms with van der Waals surface area (Å²) in [5.74, 6) is 1.35. The second-order valence-electron chi connectivity index (χ2n) is 8.52. The molecule has 0 saturated carbocycles. The Morgan fingerprint density at radius 2 is 1.79 bits per heavy atom. The highest BCUT2D eigenvalue weighted by Crippen LogP contribution is 2.29. The molecule has 4 aromatic rings. The number of nitrogens with one attached hydrogen (secondary N) is 1. The Hall–Kier alpha value is -3.86. The monoisotopic (exact) mass is 437 g/mol. The maximum atomic E-state index is 12.6. The Morgan fingerprint density at radius 3 is 2.67 bits per heavy atom. The molecule has 0 atom stereocenters. The van der Waals surface area contributed by atoms with Gasteiger partial charge >= 0.3 is 0 Å². The summed E-state index contributed by atoms with van der Waals surface area (Å²) in [5.41, 5.74) is 6.54. The number of benzene rings is 3. The van der Waals surface area contributed by atoms with E-state index in [0.717, 1.165) is 53.0 Å². The average molecular weight is 438 g/mol. The van der Waals surface area contributed by atoms with Gasteiger partial charge in [-0.15, -0.1) is 0 Å². The summed E-state index contributed by atoms with van der Waals surface area (Å²) < 4.78 is 5.93. The number of para-hydroxylation sites is 1. The topological polar surface area (TPSA) is 54.5 Å². The van der Waals surface area contributed by atoms with Crippen LogP contribution >= 0.6 is 0 Å². The standard InChI is InChI=1S/C28H27N3O2/c1-19-7-5-11-24(20(19)2)29-27(32)18-33-25-12-6-10-22-13-14-26(30-28(22)25)31-16-15-21-8-3-4-9-23(21)17-31/h3-14H,15-18H2,1-2H3,(H,29,32). The van der Waals surface area contributed by atoms with Gasteiger partial charge in [-0.05, 0) is 66.8 Å². The normalized spacial score (nSPS) is 13.0. The molecule has 5 nitrogen and oxygen atoms in total. The van der Waals surface area contributed by atoms with E-state index in [1.807, 2.05) is 50.2 Å². The maximum absolute atomic E-state index is 12.6. The smallest absolute Gasteiger partial charge is 0.262 e. The number of fused-ring (bicyclic) bond motifs is 2. The van der Waals surface area contributed by atoms with Gasteiger partial charge in [0.25, 0.3) is 5.91 Å². The van der Waals surface area contributed by atoms with Gasteiger partial charge in [-0.1, -0.05) is 48.5 Å². The molecule has 0 fully saturated rings. The van der Waals surface area contributed by atoms with Crippen LogP contribution < -0.4 is 15.0 Å². The van der Waals surface area contributed by atoms with E-state index >= 15 is 0 Å². The number of rotatable bonds is 5. The molecule has 1 aromatic heterocycles. The number of amides is 1. The van der Waals surface area contributed by atoms with Crippen LogP contribution in [-0.4, -0.2) is 24.0 Å². The van der Waals surface area contributed by atoms with Gasteiger partial charge in [0.15, 0.2) is 6.61 Å². The van der Waals surface area contributed by atoms with Crippen molar-refractivity contribution in [2.24, 2.45) is 0 Å². The lowest BCUT2D eigenvalue weighted by Gasteiger charge is -2.30. The first-order valence-electron chi connectivity index (χ1n) is 11.3. The molecule has 0 radical (unpaired) electrons. The second-order valence-corrected chi connectivity index (χ2v) is 8.52. The molecule has 3 aromatic carbocycles. The van der Waals surface area contributed by atoms with Gasteiger partial charge in [-0.2, -0.15) is 0 Å². The highest BCUT2D eigenvalue weighted by molar-refractivity contribution is 5.93. The predicted molar refractivity (Wildman–Crippen MR) is 133 cm³/mol. The molecule has 0 saturated heterocycles. The number of anilines is 2. The summed E-state index contributed by atoms with van der Waals surface area (Å²) in [6, 6.07) is 24.4. The SMILES string of the molecule is Cc1cccc(NC(=O)COc2cccc3ccc(N4CCc5ccccc5C4)nc23)c1C. The minimum absolute atomic E-state index is 0.0739. The summed E-state index contributed by atoms with van der Waals surface area (Å²) >= 11 is 0. The van der Waals surface area contributed by atoms with Gasteiger partial charge < -0.3 is 15.0 Å². The maximum Gasteiger partial charge on any atom is 0.262 e. The lowest BCUT2D eigenvalue weighted by molar-refractivity contribution is -0.118. The van der Waals surface area contributed by atoms with Gasteiger partial charge in [0, 0.05) is 24.2 Å². The van der Waals surface area contributed by atoms with Gasteiger partial charge in [0.2, 0.25) is 0 Å². The third kappa shape index (κ3) is 4.40. The molecule has 1 amide bonds. The molecule has 1 aliphatic rings. The lowest BCUT2D eigenvalue weighted by Crippen LogP contribution is -2.30. The van der Waals surface area contributed by atoms with Crippen molar-refractivity contribution in [2.75, 3.05) is 23.4 Å². The zero-order valence-corrected chi connectivity index (χ0v) is 19.0. The van der Waals surface area contributed by atoms with E-state index < -0.39 is 0 Å². The van der Waals surface area contributed by atoms with Crippen molar-refractivity contribution < 1.29 is 9.53 Å². The number of aromatic nitrogens is 1. The van der Waals surface area contributed by atoms with Crippen molar-refractivity contribution in [3.63, 3.8) is 0 Å². The van der Waals surface area contributed by atoms with Crippen molar-refractivity contribution in [3.8, 4) is 5.75 Å². The van der Waals surface area contributed by atoms with Crippen LogP contribution in [-0.2, 0) is 17.8 Å². The van der Waals surface area contributed by atoms with Crippen molar-refractivity contribution >= 4 is 28.3 Å². The number of hydrogen-bond donors (Lipinski definition) is 1. The van der Waals surface area contributed by atoms with Gasteiger partial charge in [0.05, 0.1) is 0 Å². The number of carbonyl (C=O) groups is 1. The lowest BCUT2D eigenvalue weighted by atomic mass is 10.00. The van der Waals surface area contributed by atoms with Crippen LogP contribution in [0.4, 0.5) is 11.5 Å². The summed E-state index contributed by atoms with van der Waals surface area (Å²) in [4.78, 5) is 19.8. The first kappa shape index (κ1) is 21.0. The average Bonchev–Trinajstić information content (AvgIpc) is 2.85. The van der Waals surface area contributed by atoms with E-state index in [-0.39, 0.29) is 12.5 Å². The number of nitrogens with zero attached hydrogens (tertiary/aromatic N) is 2. The van der Waals surface area contributed by atoms with Gasteiger partial charge in [-0.3, -0.25) is 4.79 Å². The zero-order valence-electron chi connectivity index (χ0n) is 19.0. The summed E-state index contributed by atoms with van der Waals surface area (Å²) in [7, 11) is 0. The Morgan fingerprint density at radius 1 is 0.970 bits per heavy atom. The van der Waals surface area contributed by atoms with Crippen LogP contribution in [0, 0.1) is 13.8 Å². The van der Waals surface area contributed by atoms with Crippen molar-refractivity contribution in [1.29, 1.82) is 0 Å². The molecule has 33 heavy (non-hydrogen) atoms. The number of hydrogen-bond acceptors (Lipinski definition) is 4. The second kappa shape index (κ2) is 8.94. The largest absolute Gasteiger partial charge is 0.481 e. The van der Waals surface area contributed by atoms with Crippen LogP contribution in [0.5, 0.6) is 5.75 Å². The molecule has 0 unspecified atom stereocenters. The predicted octanol–water partition coefficient (Wildman–Crippen LogP) is 5.43. The molecule has 0 aliphatic carbocycles. The number of pyridine rings is 1. The van der Waals surface area contributed by atoms with E-state index in [1.165, 1.54) is 11.1 Å². The quantitative estimate of drug-likeness (QED) is 0.452. The van der Waals surface area contributed by atoms with Crippen molar-refractivity contribution in [1.82, 2.24) is 4.98 Å². The third-order valence-electron chi connectivity index (χ3n) is 6.36. The van der Waals surface area contributed by atoms with Crippen molar-refractivity contribution in [2.45, 2.75) is 26.8 Å². The zero-order chi connectivity index (χ0) is 22.8. The molecule has 1 N–H and O–H groups in total. The summed E-state index contributed by atoms with van der Waals surface area (Å²) in [6.45, 7) is 5.73. The Labute approximate surface area is 194 Å². The molecular weight excluding hydrogens is 410 g/mol. The number of carbonyl (C=O) groups excluding carboxylic acids is 1. The molecular formula is C28H27N3O2. The summed E-state index contributed by atoms with van der Waals surface area (Å²) in [6.07, 6.45) is 1.01. The molecule has 2 heterocycles. The first-order valence-corrected chi connectivity index (χ1v) is 11.3. The van der Waals surface area contributed by atoms with E-state index in [0.29, 0.717) is 5.75 Å². The molecule has 1 aliphatic heterocycles. The van der Waals surface area contributed by atoms with Crippen LogP contribution in [0.15, 0.2) is 72.8 Å². The minimum Gasteiger partial charge on any atom is -0.481 e. The van der Waals surface area contributed by atoms with Gasteiger partial charge in [-0.25, -0.2) is 4.98 Å². The molecule has 166 valence electrons. The molecule has 5 rings (SSSR count). The molecule has 5 heteroatoms. The molecule has 0 bridgehead atoms. The molecule has 0 spiro atoms. The Balaban J connectivity index is 1.33. The van der Waals surface area contributed by atoms with Crippen LogP contribution in [0.1, 0.15) is 22.3 Å². The third-order valence-corrected chi connectivity index (χ3v) is 6.36. The van der Waals surface area contributed by atoms with Gasteiger partial charge in [0.1, 0.15) is 17.1 Å². The van der Waals surface area contributed by atoms with Crippen LogP contribution in [0.2, 0.25) is 0 Å². The highest BCUT2D eigenvalue weighted by Gasteiger charge is 2.18. The number of aryl methyl sites for hydroxylation is 1. The fourth-order valence-corrected chi connectivity index (χ4v) is 4.31.